The number of nitrogens with zero attached hydrogens (tertiary/aromatic N) is 2. The van der Waals surface area contributed by atoms with Crippen LogP contribution in [-0.4, -0.2) is 28.9 Å². The fourth-order valence-electron chi connectivity index (χ4n) is 1.72. The Bertz CT molecular complexity index is 361. The van der Waals surface area contributed by atoms with Gasteiger partial charge >= 0.3 is 0 Å². The van der Waals surface area contributed by atoms with Crippen molar-refractivity contribution in [3.05, 3.63) is 24.0 Å². The predicted octanol–water partition coefficient (Wildman–Crippen LogP) is 1.63. The van der Waals surface area contributed by atoms with Crippen LogP contribution in [0.25, 0.3) is 0 Å². The molecule has 1 heterocycles. The molecule has 5 nitrogen and oxygen atoms in total. The molecule has 0 aliphatic heterocycles. The first-order chi connectivity index (χ1) is 8.24. The van der Waals surface area contributed by atoms with Gasteiger partial charge in [0, 0.05) is 19.3 Å². The molecule has 0 aliphatic rings. The van der Waals surface area contributed by atoms with E-state index >= 15 is 0 Å². The van der Waals surface area contributed by atoms with Crippen LogP contribution in [0.5, 0.6) is 0 Å². The summed E-state index contributed by atoms with van der Waals surface area (Å²) in [6, 6.07) is 1.69. The average molecular weight is 236 g/mol. The molecule has 0 unspecified atom stereocenters. The van der Waals surface area contributed by atoms with Crippen LogP contribution >= 0.6 is 0 Å². The van der Waals surface area contributed by atoms with E-state index in [1.165, 1.54) is 0 Å². The summed E-state index contributed by atoms with van der Waals surface area (Å²) in [5, 5.41) is 0. The zero-order valence-corrected chi connectivity index (χ0v) is 10.4. The maximum atomic E-state index is 12.3. The summed E-state index contributed by atoms with van der Waals surface area (Å²) in [5.41, 5.74) is 3.64. The van der Waals surface area contributed by atoms with Crippen molar-refractivity contribution in [2.45, 2.75) is 26.7 Å². The smallest absolute Gasteiger partial charge is 0.256 e. The molecule has 3 N–H and O–H groups in total. The molecule has 1 aromatic heterocycles. The standard InChI is InChI=1S/C12H20N4O/c1-3-7-16(8-4-2)12(17)10-5-6-14-9-11(10)15-13/h5-6,9,15H,3-4,7-8,13H2,1-2H3. The topological polar surface area (TPSA) is 71.2 Å². The van der Waals surface area contributed by atoms with Crippen LogP contribution in [0.15, 0.2) is 18.5 Å². The highest BCUT2D eigenvalue weighted by Crippen LogP contribution is 2.15. The lowest BCUT2D eigenvalue weighted by Gasteiger charge is -2.22. The zero-order chi connectivity index (χ0) is 12.7. The molecule has 1 aromatic rings. The summed E-state index contributed by atoms with van der Waals surface area (Å²) in [7, 11) is 0. The van der Waals surface area contributed by atoms with Crippen LogP contribution in [0.3, 0.4) is 0 Å². The van der Waals surface area contributed by atoms with Crippen molar-refractivity contribution in [2.24, 2.45) is 5.84 Å². The number of nitrogens with two attached hydrogens (primary N) is 1. The molecule has 1 rings (SSSR count). The van der Waals surface area contributed by atoms with Gasteiger partial charge in [0.1, 0.15) is 0 Å². The quantitative estimate of drug-likeness (QED) is 0.581. The van der Waals surface area contributed by atoms with E-state index in [1.54, 1.807) is 18.5 Å². The second kappa shape index (κ2) is 6.85. The van der Waals surface area contributed by atoms with Gasteiger partial charge in [0.25, 0.3) is 5.91 Å². The molecule has 0 spiro atoms. The van der Waals surface area contributed by atoms with E-state index in [-0.39, 0.29) is 5.91 Å². The highest BCUT2D eigenvalue weighted by Gasteiger charge is 2.17. The van der Waals surface area contributed by atoms with Crippen LogP contribution < -0.4 is 11.3 Å². The van der Waals surface area contributed by atoms with Crippen LogP contribution in [-0.2, 0) is 0 Å². The van der Waals surface area contributed by atoms with Crippen LogP contribution in [0, 0.1) is 0 Å². The van der Waals surface area contributed by atoms with Crippen LogP contribution in [0.2, 0.25) is 0 Å². The first-order valence-electron chi connectivity index (χ1n) is 5.94. The van der Waals surface area contributed by atoms with Crippen LogP contribution in [0.1, 0.15) is 37.0 Å². The second-order valence-corrected chi connectivity index (χ2v) is 3.86. The van der Waals surface area contributed by atoms with Gasteiger partial charge in [-0.15, -0.1) is 0 Å². The number of nitrogen functional groups attached to an aromatic ring is 1. The van der Waals surface area contributed by atoms with Gasteiger partial charge in [0.15, 0.2) is 0 Å². The minimum Gasteiger partial charge on any atom is -0.339 e. The van der Waals surface area contributed by atoms with Gasteiger partial charge in [-0.3, -0.25) is 15.6 Å². The van der Waals surface area contributed by atoms with Gasteiger partial charge in [-0.25, -0.2) is 0 Å². The molecule has 0 fully saturated rings. The predicted molar refractivity (Wildman–Crippen MR) is 68.5 cm³/mol. The number of carbonyl (C=O) groups excluding carboxylic acids is 1. The summed E-state index contributed by atoms with van der Waals surface area (Å²) in [6.07, 6.45) is 5.05. The van der Waals surface area contributed by atoms with Gasteiger partial charge in [0.05, 0.1) is 17.4 Å². The molecule has 5 heteroatoms. The molecule has 0 saturated carbocycles. The molecule has 0 atom stereocenters. The van der Waals surface area contributed by atoms with Crippen LogP contribution in [0.4, 0.5) is 5.69 Å². The summed E-state index contributed by atoms with van der Waals surface area (Å²) in [5.74, 6) is 5.38. The highest BCUT2D eigenvalue weighted by molar-refractivity contribution is 5.99. The number of carbonyl (C=O) groups is 1. The first kappa shape index (κ1) is 13.4. The van der Waals surface area contributed by atoms with E-state index in [0.717, 1.165) is 25.9 Å². The van der Waals surface area contributed by atoms with E-state index in [9.17, 15) is 4.79 Å². The Morgan fingerprint density at radius 1 is 1.41 bits per heavy atom. The number of hydrogen-bond donors (Lipinski definition) is 2. The minimum atomic E-state index is 0.00375. The molecule has 0 aromatic carbocycles. The molecular weight excluding hydrogens is 216 g/mol. The Hall–Kier alpha value is -1.62. The number of aromatic nitrogens is 1. The van der Waals surface area contributed by atoms with Gasteiger partial charge in [-0.1, -0.05) is 13.8 Å². The highest BCUT2D eigenvalue weighted by atomic mass is 16.2. The summed E-state index contributed by atoms with van der Waals surface area (Å²) in [6.45, 7) is 5.65. The molecule has 94 valence electrons. The van der Waals surface area contributed by atoms with E-state index in [2.05, 4.69) is 24.3 Å². The van der Waals surface area contributed by atoms with E-state index in [4.69, 9.17) is 5.84 Å². The summed E-state index contributed by atoms with van der Waals surface area (Å²) in [4.78, 5) is 18.1. The van der Waals surface area contributed by atoms with Crippen molar-refractivity contribution in [2.75, 3.05) is 18.5 Å². The molecule has 0 radical (unpaired) electrons. The summed E-state index contributed by atoms with van der Waals surface area (Å²) < 4.78 is 0. The SMILES string of the molecule is CCCN(CCC)C(=O)c1ccncc1NN. The lowest BCUT2D eigenvalue weighted by atomic mass is 10.2. The molecule has 0 bridgehead atoms. The molecule has 1 amide bonds. The largest absolute Gasteiger partial charge is 0.339 e. The minimum absolute atomic E-state index is 0.00375. The van der Waals surface area contributed by atoms with Crippen molar-refractivity contribution in [1.82, 2.24) is 9.88 Å². The van der Waals surface area contributed by atoms with E-state index in [0.29, 0.717) is 11.3 Å². The number of anilines is 1. The lowest BCUT2D eigenvalue weighted by molar-refractivity contribution is 0.0756. The number of pyridine rings is 1. The molecule has 17 heavy (non-hydrogen) atoms. The fraction of sp³-hybridized carbons (Fsp3) is 0.500. The maximum absolute atomic E-state index is 12.3. The van der Waals surface area contributed by atoms with Gasteiger partial charge in [-0.05, 0) is 18.9 Å². The van der Waals surface area contributed by atoms with Crippen molar-refractivity contribution in [3.8, 4) is 0 Å². The fourth-order valence-corrected chi connectivity index (χ4v) is 1.72. The Labute approximate surface area is 102 Å². The third-order valence-corrected chi connectivity index (χ3v) is 2.48. The lowest BCUT2D eigenvalue weighted by Crippen LogP contribution is -2.33. The number of hydrazine groups is 1. The zero-order valence-electron chi connectivity index (χ0n) is 10.4. The Morgan fingerprint density at radius 3 is 2.59 bits per heavy atom. The van der Waals surface area contributed by atoms with Gasteiger partial charge in [-0.2, -0.15) is 0 Å². The Morgan fingerprint density at radius 2 is 2.06 bits per heavy atom. The monoisotopic (exact) mass is 236 g/mol. The second-order valence-electron chi connectivity index (χ2n) is 3.86. The Balaban J connectivity index is 2.92. The van der Waals surface area contributed by atoms with Crippen molar-refractivity contribution < 1.29 is 4.79 Å². The van der Waals surface area contributed by atoms with Crippen molar-refractivity contribution in [1.29, 1.82) is 0 Å². The Kier molecular flexibility index (Phi) is 5.42. The average Bonchev–Trinajstić information content (AvgIpc) is 2.37. The maximum Gasteiger partial charge on any atom is 0.256 e. The number of rotatable bonds is 6. The molecule has 0 saturated heterocycles. The number of hydrogen-bond acceptors (Lipinski definition) is 4. The molecular formula is C12H20N4O. The molecule has 0 aliphatic carbocycles. The van der Waals surface area contributed by atoms with Gasteiger partial charge in [0.2, 0.25) is 0 Å². The number of amides is 1. The van der Waals surface area contributed by atoms with E-state index < -0.39 is 0 Å². The third-order valence-electron chi connectivity index (χ3n) is 2.48. The van der Waals surface area contributed by atoms with Crippen molar-refractivity contribution in [3.63, 3.8) is 0 Å². The van der Waals surface area contributed by atoms with Gasteiger partial charge < -0.3 is 10.3 Å². The normalized spacial score (nSPS) is 10.1. The van der Waals surface area contributed by atoms with E-state index in [1.807, 2.05) is 4.90 Å². The third kappa shape index (κ3) is 3.42. The van der Waals surface area contributed by atoms with Crippen molar-refractivity contribution >= 4 is 11.6 Å². The first-order valence-corrected chi connectivity index (χ1v) is 5.94. The number of nitrogens with one attached hydrogen (secondary N) is 1. The summed E-state index contributed by atoms with van der Waals surface area (Å²) >= 11 is 0.